The molecule has 0 bridgehead atoms. The number of ether oxygens (including phenoxy) is 1. The minimum atomic E-state index is 0.630. The quantitative estimate of drug-likeness (QED) is 0.161. The van der Waals surface area contributed by atoms with Gasteiger partial charge >= 0.3 is 0 Å². The van der Waals surface area contributed by atoms with E-state index in [-0.39, 0.29) is 0 Å². The zero-order chi connectivity index (χ0) is 26.4. The Morgan fingerprint density at radius 2 is 1.38 bits per heavy atom. The molecule has 0 saturated carbocycles. The molecule has 40 heavy (non-hydrogen) atoms. The van der Waals surface area contributed by atoms with E-state index in [1.807, 2.05) is 29.8 Å². The highest BCUT2D eigenvalue weighted by Gasteiger charge is 2.22. The van der Waals surface area contributed by atoms with Crippen LogP contribution in [0.1, 0.15) is 12.5 Å². The number of thiophene rings is 1. The Bertz CT molecular complexity index is 2420. The molecule has 0 saturated heterocycles. The highest BCUT2D eigenvalue weighted by atomic mass is 32.1. The zero-order valence-electron chi connectivity index (χ0n) is 21.7. The maximum absolute atomic E-state index is 6.42. The molecule has 3 nitrogen and oxygen atoms in total. The molecule has 3 heterocycles. The van der Waals surface area contributed by atoms with E-state index < -0.39 is 0 Å². The second kappa shape index (κ2) is 8.04. The number of fused-ring (bicyclic) bond motifs is 10. The fourth-order valence-corrected chi connectivity index (χ4v) is 7.78. The maximum Gasteiger partial charge on any atom is 0.224 e. The van der Waals surface area contributed by atoms with Gasteiger partial charge in [0.2, 0.25) is 5.88 Å². The Morgan fingerprint density at radius 1 is 0.675 bits per heavy atom. The van der Waals surface area contributed by atoms with E-state index in [1.165, 1.54) is 58.2 Å². The minimum Gasteiger partial charge on any atom is -0.438 e. The van der Waals surface area contributed by atoms with Gasteiger partial charge < -0.3 is 4.74 Å². The number of aliphatic imine (C=N–C) groups is 1. The van der Waals surface area contributed by atoms with Crippen molar-refractivity contribution in [1.29, 1.82) is 0 Å². The van der Waals surface area contributed by atoms with Crippen molar-refractivity contribution in [3.8, 4) is 5.75 Å². The molecule has 0 N–H and O–H groups in total. The van der Waals surface area contributed by atoms with E-state index >= 15 is 0 Å². The number of nitrogens with zero attached hydrogens (tertiary/aromatic N) is 2. The third-order valence-corrected chi connectivity index (χ3v) is 9.45. The summed E-state index contributed by atoms with van der Waals surface area (Å²) in [5, 5.41) is 9.99. The van der Waals surface area contributed by atoms with Gasteiger partial charge in [-0.2, -0.15) is 0 Å². The Hall–Kier alpha value is -4.93. The van der Waals surface area contributed by atoms with Gasteiger partial charge in [-0.3, -0.25) is 4.57 Å². The molecule has 0 aliphatic carbocycles. The van der Waals surface area contributed by atoms with Crippen molar-refractivity contribution < 1.29 is 4.74 Å². The highest BCUT2D eigenvalue weighted by molar-refractivity contribution is 7.27. The number of hydrogen-bond acceptors (Lipinski definition) is 3. The summed E-state index contributed by atoms with van der Waals surface area (Å²) in [4.78, 5) is 5.03. The van der Waals surface area contributed by atoms with Gasteiger partial charge in [-0.15, -0.1) is 11.3 Å². The van der Waals surface area contributed by atoms with E-state index in [1.54, 1.807) is 0 Å². The van der Waals surface area contributed by atoms with Crippen LogP contribution < -0.4 is 4.74 Å². The first kappa shape index (κ1) is 21.9. The van der Waals surface area contributed by atoms with Crippen LogP contribution in [0, 0.1) is 0 Å². The van der Waals surface area contributed by atoms with Gasteiger partial charge in [-0.1, -0.05) is 91.0 Å². The van der Waals surface area contributed by atoms with Gasteiger partial charge in [0, 0.05) is 37.2 Å². The molecular formula is C36H22N2OS. The molecule has 1 aliphatic heterocycles. The number of benzene rings is 6. The van der Waals surface area contributed by atoms with E-state index in [0.29, 0.717) is 5.88 Å². The van der Waals surface area contributed by atoms with Gasteiger partial charge in [0.05, 0.1) is 15.7 Å². The van der Waals surface area contributed by atoms with E-state index in [9.17, 15) is 0 Å². The van der Waals surface area contributed by atoms with Gasteiger partial charge in [0.25, 0.3) is 0 Å². The third kappa shape index (κ3) is 2.86. The van der Waals surface area contributed by atoms with Crippen LogP contribution in [-0.4, -0.2) is 10.9 Å². The molecule has 4 heteroatoms. The molecule has 2 aromatic heterocycles. The van der Waals surface area contributed by atoms with Gasteiger partial charge in [0.1, 0.15) is 12.1 Å². The van der Waals surface area contributed by atoms with Crippen molar-refractivity contribution in [2.45, 2.75) is 6.92 Å². The predicted molar refractivity (Wildman–Crippen MR) is 171 cm³/mol. The first-order chi connectivity index (χ1) is 19.8. The summed E-state index contributed by atoms with van der Waals surface area (Å²) < 4.78 is 11.3. The molecule has 0 radical (unpaired) electrons. The molecule has 0 fully saturated rings. The lowest BCUT2D eigenvalue weighted by atomic mass is 9.97. The standard InChI is InChI=1S/C36H22N2OS/c1-21-23-16-8-10-22-11-9-18-29(31(22)23)39-36(21)37-20-38-28-17-6-4-14-26(28)32-24-12-2-3-13-25(24)33-27-15-5-7-19-30(27)40-35(33)34(32)38/h2-20H,1H3. The lowest BCUT2D eigenvalue weighted by Gasteiger charge is -2.20. The maximum atomic E-state index is 6.42. The lowest BCUT2D eigenvalue weighted by Crippen LogP contribution is -2.05. The Labute approximate surface area is 233 Å². The molecule has 0 amide bonds. The van der Waals surface area contributed by atoms with Crippen LogP contribution in [0.2, 0.25) is 0 Å². The molecule has 188 valence electrons. The van der Waals surface area contributed by atoms with Gasteiger partial charge in [0.15, 0.2) is 0 Å². The summed E-state index contributed by atoms with van der Waals surface area (Å²) in [6.45, 7) is 2.10. The van der Waals surface area contributed by atoms with Crippen molar-refractivity contribution in [2.24, 2.45) is 4.99 Å². The molecule has 0 unspecified atom stereocenters. The Balaban J connectivity index is 1.38. The van der Waals surface area contributed by atoms with Crippen LogP contribution in [0.5, 0.6) is 5.75 Å². The molecule has 0 spiro atoms. The average Bonchev–Trinajstić information content (AvgIpc) is 3.55. The predicted octanol–water partition coefficient (Wildman–Crippen LogP) is 10.1. The monoisotopic (exact) mass is 530 g/mol. The molecule has 6 aromatic carbocycles. The topological polar surface area (TPSA) is 26.5 Å². The molecular weight excluding hydrogens is 508 g/mol. The summed E-state index contributed by atoms with van der Waals surface area (Å²) in [5.74, 6) is 1.48. The number of para-hydroxylation sites is 1. The first-order valence-corrected chi connectivity index (χ1v) is 14.3. The van der Waals surface area contributed by atoms with Crippen molar-refractivity contribution in [3.63, 3.8) is 0 Å². The van der Waals surface area contributed by atoms with Gasteiger partial charge in [-0.25, -0.2) is 4.99 Å². The van der Waals surface area contributed by atoms with Crippen molar-refractivity contribution in [1.82, 2.24) is 4.57 Å². The van der Waals surface area contributed by atoms with E-state index in [2.05, 4.69) is 109 Å². The second-order valence-corrected chi connectivity index (χ2v) is 11.4. The van der Waals surface area contributed by atoms with Crippen molar-refractivity contribution in [3.05, 3.63) is 121 Å². The number of allylic oxidation sites excluding steroid dienone is 1. The molecule has 8 aromatic rings. The number of hydrogen-bond donors (Lipinski definition) is 0. The van der Waals surface area contributed by atoms with Gasteiger partial charge in [-0.05, 0) is 46.8 Å². The zero-order valence-corrected chi connectivity index (χ0v) is 22.5. The number of rotatable bonds is 2. The van der Waals surface area contributed by atoms with Crippen LogP contribution in [-0.2, 0) is 0 Å². The first-order valence-electron chi connectivity index (χ1n) is 13.5. The van der Waals surface area contributed by atoms with Crippen LogP contribution in [0.4, 0.5) is 0 Å². The van der Waals surface area contributed by atoms with Crippen molar-refractivity contribution in [2.75, 3.05) is 0 Å². The summed E-state index contributed by atoms with van der Waals surface area (Å²) in [7, 11) is 0. The lowest BCUT2D eigenvalue weighted by molar-refractivity contribution is 0.425. The van der Waals surface area contributed by atoms with Crippen LogP contribution in [0.25, 0.3) is 69.1 Å². The summed E-state index contributed by atoms with van der Waals surface area (Å²) in [6.07, 6.45) is 1.95. The smallest absolute Gasteiger partial charge is 0.224 e. The van der Waals surface area contributed by atoms with E-state index in [0.717, 1.165) is 22.2 Å². The second-order valence-electron chi connectivity index (χ2n) is 10.4. The Morgan fingerprint density at radius 3 is 2.23 bits per heavy atom. The summed E-state index contributed by atoms with van der Waals surface area (Å²) in [6, 6.07) is 38.8. The SMILES string of the molecule is CC1=C(N=Cn2c3ccccc3c3c4ccccc4c4c5ccccc5sc4c32)Oc2cccc3cccc1c23. The molecule has 0 atom stereocenters. The number of aromatic nitrogens is 1. The van der Waals surface area contributed by atoms with Crippen LogP contribution in [0.15, 0.2) is 120 Å². The van der Waals surface area contributed by atoms with Crippen LogP contribution in [0.3, 0.4) is 0 Å². The summed E-state index contributed by atoms with van der Waals surface area (Å²) >= 11 is 1.86. The molecule has 1 aliphatic rings. The largest absolute Gasteiger partial charge is 0.438 e. The fourth-order valence-electron chi connectivity index (χ4n) is 6.51. The molecule has 9 rings (SSSR count). The fraction of sp³-hybridized carbons (Fsp3) is 0.0278. The average molecular weight is 531 g/mol. The minimum absolute atomic E-state index is 0.630. The Kier molecular flexibility index (Phi) is 4.41. The third-order valence-electron chi connectivity index (χ3n) is 8.28. The summed E-state index contributed by atoms with van der Waals surface area (Å²) in [5.41, 5.74) is 4.54. The van der Waals surface area contributed by atoms with Crippen molar-refractivity contribution >= 4 is 86.8 Å². The highest BCUT2D eigenvalue weighted by Crippen LogP contribution is 2.46. The van der Waals surface area contributed by atoms with Crippen LogP contribution >= 0.6 is 11.3 Å². The van der Waals surface area contributed by atoms with E-state index in [4.69, 9.17) is 9.73 Å². The normalized spacial score (nSPS) is 13.6.